The van der Waals surface area contributed by atoms with Crippen LogP contribution in [0.15, 0.2) is 16.7 Å². The highest BCUT2D eigenvalue weighted by Gasteiger charge is 2.24. The Hall–Kier alpha value is -1.69. The number of carbonyl (C=O) groups is 1. The zero-order valence-electron chi connectivity index (χ0n) is 7.25. The molecular formula is C8H9N3O3. The van der Waals surface area contributed by atoms with Crippen LogP contribution in [0.2, 0.25) is 0 Å². The molecule has 2 atom stereocenters. The molecule has 0 aliphatic heterocycles. The summed E-state index contributed by atoms with van der Waals surface area (Å²) in [5.74, 6) is -1.24. The predicted molar refractivity (Wildman–Crippen MR) is 45.7 cm³/mol. The molecule has 0 saturated carbocycles. The van der Waals surface area contributed by atoms with E-state index in [1.165, 1.54) is 0 Å². The van der Waals surface area contributed by atoms with Gasteiger partial charge in [0.05, 0.1) is 5.92 Å². The monoisotopic (exact) mass is 195 g/mol. The number of carboxylic acid groups (broad SMARTS) is 1. The molecule has 0 spiro atoms. The molecule has 3 N–H and O–H groups in total. The highest BCUT2D eigenvalue weighted by atomic mass is 16.5. The fourth-order valence-electron chi connectivity index (χ4n) is 1.38. The summed E-state index contributed by atoms with van der Waals surface area (Å²) in [4.78, 5) is 14.2. The van der Waals surface area contributed by atoms with Gasteiger partial charge < -0.3 is 15.4 Å². The molecule has 6 nitrogen and oxygen atoms in total. The molecule has 0 saturated heterocycles. The third kappa shape index (κ3) is 1.51. The molecule has 0 aromatic carbocycles. The molecule has 1 aliphatic rings. The van der Waals surface area contributed by atoms with Gasteiger partial charge in [-0.25, -0.2) is 4.79 Å². The lowest BCUT2D eigenvalue weighted by atomic mass is 10.1. The molecule has 14 heavy (non-hydrogen) atoms. The first-order valence-electron chi connectivity index (χ1n) is 4.17. The van der Waals surface area contributed by atoms with Gasteiger partial charge in [0, 0.05) is 6.04 Å². The fourth-order valence-corrected chi connectivity index (χ4v) is 1.38. The average Bonchev–Trinajstić information content (AvgIpc) is 2.70. The Morgan fingerprint density at radius 2 is 2.43 bits per heavy atom. The Balaban J connectivity index is 2.18. The van der Waals surface area contributed by atoms with Crippen LogP contribution in [0.25, 0.3) is 0 Å². The average molecular weight is 195 g/mol. The van der Waals surface area contributed by atoms with Crippen LogP contribution in [0.3, 0.4) is 0 Å². The van der Waals surface area contributed by atoms with Gasteiger partial charge in [-0.05, 0) is 11.6 Å². The van der Waals surface area contributed by atoms with Gasteiger partial charge in [-0.15, -0.1) is 0 Å². The van der Waals surface area contributed by atoms with Gasteiger partial charge in [-0.3, -0.25) is 0 Å². The summed E-state index contributed by atoms with van der Waals surface area (Å²) in [7, 11) is 0. The number of hydrogen-bond acceptors (Lipinski definition) is 5. The number of aromatic nitrogens is 2. The minimum Gasteiger partial charge on any atom is -0.475 e. The van der Waals surface area contributed by atoms with E-state index in [-0.39, 0.29) is 17.8 Å². The maximum absolute atomic E-state index is 10.5. The molecule has 6 heteroatoms. The van der Waals surface area contributed by atoms with Gasteiger partial charge in [-0.1, -0.05) is 12.2 Å². The maximum atomic E-state index is 10.5. The van der Waals surface area contributed by atoms with Gasteiger partial charge >= 0.3 is 5.97 Å². The van der Waals surface area contributed by atoms with Crippen molar-refractivity contribution in [2.75, 3.05) is 0 Å². The van der Waals surface area contributed by atoms with E-state index in [1.54, 1.807) is 0 Å². The molecule has 2 unspecified atom stereocenters. The van der Waals surface area contributed by atoms with Crippen molar-refractivity contribution in [2.45, 2.75) is 18.4 Å². The molecule has 2 rings (SSSR count). The highest BCUT2D eigenvalue weighted by Crippen LogP contribution is 2.26. The van der Waals surface area contributed by atoms with Crippen LogP contribution < -0.4 is 5.73 Å². The lowest BCUT2D eigenvalue weighted by Gasteiger charge is -2.01. The molecule has 0 fully saturated rings. The van der Waals surface area contributed by atoms with Crippen LogP contribution in [-0.4, -0.2) is 27.3 Å². The lowest BCUT2D eigenvalue weighted by molar-refractivity contribution is 0.0680. The minimum atomic E-state index is -1.19. The van der Waals surface area contributed by atoms with Crippen LogP contribution in [0, 0.1) is 0 Å². The summed E-state index contributed by atoms with van der Waals surface area (Å²) in [6.45, 7) is 0. The zero-order chi connectivity index (χ0) is 10.1. The summed E-state index contributed by atoms with van der Waals surface area (Å²) in [6.07, 6.45) is 4.38. The van der Waals surface area contributed by atoms with Gasteiger partial charge in [0.25, 0.3) is 5.82 Å². The second-order valence-electron chi connectivity index (χ2n) is 3.15. The Labute approximate surface area is 79.4 Å². The van der Waals surface area contributed by atoms with E-state index in [2.05, 4.69) is 10.1 Å². The number of allylic oxidation sites excluding steroid dienone is 1. The van der Waals surface area contributed by atoms with E-state index < -0.39 is 5.97 Å². The van der Waals surface area contributed by atoms with Crippen molar-refractivity contribution in [3.8, 4) is 0 Å². The first kappa shape index (κ1) is 8.89. The van der Waals surface area contributed by atoms with E-state index in [0.29, 0.717) is 12.3 Å². The summed E-state index contributed by atoms with van der Waals surface area (Å²) < 4.78 is 4.81. The topological polar surface area (TPSA) is 102 Å². The van der Waals surface area contributed by atoms with Crippen molar-refractivity contribution < 1.29 is 14.4 Å². The van der Waals surface area contributed by atoms with Crippen molar-refractivity contribution in [1.29, 1.82) is 0 Å². The van der Waals surface area contributed by atoms with E-state index in [4.69, 9.17) is 15.4 Å². The molecule has 0 amide bonds. The van der Waals surface area contributed by atoms with Crippen LogP contribution in [0.5, 0.6) is 0 Å². The minimum absolute atomic E-state index is 0.0137. The fraction of sp³-hybridized carbons (Fsp3) is 0.375. The molecule has 0 bridgehead atoms. The standard InChI is InChI=1S/C8H9N3O3/c9-5-2-1-4(3-5)7-10-6(8(12)13)11-14-7/h1-2,4-5H,3,9H2,(H,12,13). The highest BCUT2D eigenvalue weighted by molar-refractivity contribution is 5.82. The van der Waals surface area contributed by atoms with Crippen molar-refractivity contribution in [2.24, 2.45) is 5.73 Å². The summed E-state index contributed by atoms with van der Waals surface area (Å²) >= 11 is 0. The van der Waals surface area contributed by atoms with Crippen molar-refractivity contribution >= 4 is 5.97 Å². The normalized spacial score (nSPS) is 25.5. The van der Waals surface area contributed by atoms with Crippen LogP contribution >= 0.6 is 0 Å². The maximum Gasteiger partial charge on any atom is 0.377 e. The SMILES string of the molecule is NC1C=CC(c2nc(C(=O)O)no2)C1. The second kappa shape index (κ2) is 3.22. The molecule has 0 radical (unpaired) electrons. The number of nitrogens with two attached hydrogens (primary N) is 1. The van der Waals surface area contributed by atoms with E-state index in [0.717, 1.165) is 0 Å². The van der Waals surface area contributed by atoms with E-state index in [9.17, 15) is 4.79 Å². The molecule has 1 aromatic rings. The Bertz CT molecular complexity index is 385. The van der Waals surface area contributed by atoms with Gasteiger partial charge in [0.1, 0.15) is 0 Å². The molecule has 1 aromatic heterocycles. The zero-order valence-corrected chi connectivity index (χ0v) is 7.25. The van der Waals surface area contributed by atoms with E-state index >= 15 is 0 Å². The van der Waals surface area contributed by atoms with Crippen LogP contribution in [0.1, 0.15) is 28.8 Å². The molecule has 1 aliphatic carbocycles. The summed E-state index contributed by atoms with van der Waals surface area (Å²) in [5.41, 5.74) is 5.64. The largest absolute Gasteiger partial charge is 0.475 e. The molecule has 74 valence electrons. The van der Waals surface area contributed by atoms with Gasteiger partial charge in [-0.2, -0.15) is 4.98 Å². The third-order valence-electron chi connectivity index (χ3n) is 2.07. The number of carboxylic acids is 1. The first-order valence-corrected chi connectivity index (χ1v) is 4.17. The quantitative estimate of drug-likeness (QED) is 0.650. The summed E-state index contributed by atoms with van der Waals surface area (Å²) in [6, 6.07) is -0.0137. The second-order valence-corrected chi connectivity index (χ2v) is 3.15. The molecule has 1 heterocycles. The van der Waals surface area contributed by atoms with Crippen molar-refractivity contribution in [3.63, 3.8) is 0 Å². The first-order chi connectivity index (χ1) is 6.66. The number of rotatable bonds is 2. The Morgan fingerprint density at radius 3 is 2.93 bits per heavy atom. The molecular weight excluding hydrogens is 186 g/mol. The number of hydrogen-bond donors (Lipinski definition) is 2. The van der Waals surface area contributed by atoms with E-state index in [1.807, 2.05) is 12.2 Å². The van der Waals surface area contributed by atoms with Gasteiger partial charge in [0.15, 0.2) is 0 Å². The third-order valence-corrected chi connectivity index (χ3v) is 2.07. The van der Waals surface area contributed by atoms with Crippen LogP contribution in [-0.2, 0) is 0 Å². The van der Waals surface area contributed by atoms with Crippen LogP contribution in [0.4, 0.5) is 0 Å². The summed E-state index contributed by atoms with van der Waals surface area (Å²) in [5, 5.41) is 11.9. The van der Waals surface area contributed by atoms with Crippen molar-refractivity contribution in [1.82, 2.24) is 10.1 Å². The van der Waals surface area contributed by atoms with Gasteiger partial charge in [0.2, 0.25) is 5.89 Å². The lowest BCUT2D eigenvalue weighted by Crippen LogP contribution is -2.14. The number of aromatic carboxylic acids is 1. The number of nitrogens with zero attached hydrogens (tertiary/aromatic N) is 2. The predicted octanol–water partition coefficient (Wildman–Crippen LogP) is 0.139. The smallest absolute Gasteiger partial charge is 0.377 e. The Kier molecular flexibility index (Phi) is 2.05. The Morgan fingerprint density at radius 1 is 1.64 bits per heavy atom. The van der Waals surface area contributed by atoms with Crippen molar-refractivity contribution in [3.05, 3.63) is 23.9 Å².